The molecular formula is C19H25N3O2. The predicted octanol–water partition coefficient (Wildman–Crippen LogP) is 2.22. The van der Waals surface area contributed by atoms with Crippen LogP contribution in [0.5, 0.6) is 5.75 Å². The number of piperidine rings is 1. The fraction of sp³-hybridized carbons (Fsp3) is 0.474. The molecule has 128 valence electrons. The highest BCUT2D eigenvalue weighted by Gasteiger charge is 2.55. The van der Waals surface area contributed by atoms with Crippen LogP contribution in [0.1, 0.15) is 12.5 Å². The Morgan fingerprint density at radius 3 is 2.38 bits per heavy atom. The third-order valence-corrected chi connectivity index (χ3v) is 5.04. The van der Waals surface area contributed by atoms with E-state index in [1.807, 2.05) is 31.2 Å². The molecule has 1 aromatic rings. The molecule has 2 fully saturated rings. The van der Waals surface area contributed by atoms with Crippen LogP contribution in [0, 0.1) is 17.8 Å². The Labute approximate surface area is 143 Å². The van der Waals surface area contributed by atoms with Gasteiger partial charge in [-0.2, -0.15) is 0 Å². The van der Waals surface area contributed by atoms with Gasteiger partial charge in [-0.3, -0.25) is 4.99 Å². The smallest absolute Gasteiger partial charge is 0.220 e. The number of fused-ring (bicyclic) bond motifs is 1. The first-order chi connectivity index (χ1) is 11.6. The van der Waals surface area contributed by atoms with Gasteiger partial charge in [-0.05, 0) is 54.5 Å². The number of aliphatic imine (C=N–C) groups is 2. The molecule has 1 aromatic carbocycles. The van der Waals surface area contributed by atoms with Crippen LogP contribution in [0.25, 0.3) is 0 Å². The Bertz CT molecular complexity index is 666. The summed E-state index contributed by atoms with van der Waals surface area (Å²) in [5.74, 6) is 3.23. The van der Waals surface area contributed by atoms with Gasteiger partial charge in [0.05, 0.1) is 12.8 Å². The summed E-state index contributed by atoms with van der Waals surface area (Å²) in [5, 5.41) is 9.31. The van der Waals surface area contributed by atoms with Crippen LogP contribution < -0.4 is 4.74 Å². The van der Waals surface area contributed by atoms with Gasteiger partial charge >= 0.3 is 0 Å². The molecule has 3 rings (SSSR count). The van der Waals surface area contributed by atoms with E-state index in [1.165, 1.54) is 0 Å². The molecule has 2 aliphatic rings. The molecule has 24 heavy (non-hydrogen) atoms. The minimum absolute atomic E-state index is 0.300. The van der Waals surface area contributed by atoms with Gasteiger partial charge in [-0.25, -0.2) is 4.99 Å². The number of benzene rings is 1. The van der Waals surface area contributed by atoms with Crippen molar-refractivity contribution < 1.29 is 9.84 Å². The number of allylic oxidation sites excluding steroid dienone is 1. The zero-order valence-corrected chi connectivity index (χ0v) is 14.6. The lowest BCUT2D eigenvalue weighted by Gasteiger charge is -2.21. The van der Waals surface area contributed by atoms with Crippen molar-refractivity contribution in [3.8, 4) is 5.75 Å². The number of hydrogen-bond donors (Lipinski definition) is 1. The zero-order valence-electron chi connectivity index (χ0n) is 14.6. The second-order valence-corrected chi connectivity index (χ2v) is 6.57. The van der Waals surface area contributed by atoms with Crippen molar-refractivity contribution in [2.24, 2.45) is 27.7 Å². The van der Waals surface area contributed by atoms with Crippen LogP contribution in [0.15, 0.2) is 46.4 Å². The number of nitrogens with zero attached hydrogens (tertiary/aromatic N) is 3. The monoisotopic (exact) mass is 327 g/mol. The van der Waals surface area contributed by atoms with Gasteiger partial charge in [-0.1, -0.05) is 6.58 Å². The van der Waals surface area contributed by atoms with Crippen molar-refractivity contribution >= 4 is 11.7 Å². The number of guanidine groups is 1. The van der Waals surface area contributed by atoms with Crippen LogP contribution in [0.4, 0.5) is 0 Å². The first-order valence-corrected chi connectivity index (χ1v) is 8.30. The number of aliphatic hydroxyl groups is 1. The Morgan fingerprint density at radius 2 is 1.92 bits per heavy atom. The summed E-state index contributed by atoms with van der Waals surface area (Å²) in [6.45, 7) is 8.18. The van der Waals surface area contributed by atoms with E-state index in [-0.39, 0.29) is 0 Å². The number of hydrogen-bond acceptors (Lipinski definition) is 3. The molecule has 0 aromatic heterocycles. The Morgan fingerprint density at radius 1 is 1.29 bits per heavy atom. The van der Waals surface area contributed by atoms with Gasteiger partial charge in [0.15, 0.2) is 0 Å². The van der Waals surface area contributed by atoms with E-state index in [4.69, 9.17) is 9.73 Å². The van der Waals surface area contributed by atoms with E-state index in [1.54, 1.807) is 14.2 Å². The quantitative estimate of drug-likeness (QED) is 0.681. The molecule has 1 aliphatic heterocycles. The number of methoxy groups -OCH3 is 1. The maximum Gasteiger partial charge on any atom is 0.220 e. The van der Waals surface area contributed by atoms with Gasteiger partial charge in [0.1, 0.15) is 5.75 Å². The third-order valence-electron chi connectivity index (χ3n) is 5.04. The summed E-state index contributed by atoms with van der Waals surface area (Å²) in [6, 6.07) is 7.83. The lowest BCUT2D eigenvalue weighted by molar-refractivity contribution is 0.246. The lowest BCUT2D eigenvalue weighted by atomic mass is 10.0. The Kier molecular flexibility index (Phi) is 4.71. The molecule has 1 heterocycles. The van der Waals surface area contributed by atoms with E-state index in [2.05, 4.69) is 16.5 Å². The topological polar surface area (TPSA) is 57.4 Å². The van der Waals surface area contributed by atoms with Crippen LogP contribution in [-0.2, 0) is 0 Å². The van der Waals surface area contributed by atoms with Crippen molar-refractivity contribution in [3.05, 3.63) is 42.0 Å². The summed E-state index contributed by atoms with van der Waals surface area (Å²) in [7, 11) is 3.43. The summed E-state index contributed by atoms with van der Waals surface area (Å²) in [5.41, 5.74) is 2.75. The minimum atomic E-state index is 0.300. The summed E-state index contributed by atoms with van der Waals surface area (Å²) < 4.78 is 5.22. The molecule has 5 heteroatoms. The number of ether oxygens (including phenoxy) is 1. The van der Waals surface area contributed by atoms with Crippen LogP contribution in [-0.4, -0.2) is 55.5 Å². The van der Waals surface area contributed by atoms with E-state index in [9.17, 15) is 5.11 Å². The third kappa shape index (κ3) is 3.08. The molecule has 0 radical (unpaired) electrons. The molecule has 2 atom stereocenters. The van der Waals surface area contributed by atoms with Crippen molar-refractivity contribution in [3.63, 3.8) is 0 Å². The lowest BCUT2D eigenvalue weighted by Crippen LogP contribution is -2.31. The van der Waals surface area contributed by atoms with E-state index in [0.29, 0.717) is 24.4 Å². The van der Waals surface area contributed by atoms with E-state index >= 15 is 0 Å². The first-order valence-electron chi connectivity index (χ1n) is 8.30. The van der Waals surface area contributed by atoms with E-state index in [0.717, 1.165) is 41.6 Å². The number of likely N-dealkylation sites (tertiary alicyclic amines) is 1. The maximum atomic E-state index is 9.31. The predicted molar refractivity (Wildman–Crippen MR) is 96.8 cm³/mol. The van der Waals surface area contributed by atoms with Gasteiger partial charge in [0.25, 0.3) is 0 Å². The summed E-state index contributed by atoms with van der Waals surface area (Å²) in [4.78, 5) is 11.4. The molecule has 2 unspecified atom stereocenters. The fourth-order valence-electron chi connectivity index (χ4n) is 3.60. The summed E-state index contributed by atoms with van der Waals surface area (Å²) >= 11 is 0. The highest BCUT2D eigenvalue weighted by atomic mass is 16.5. The minimum Gasteiger partial charge on any atom is -0.497 e. The van der Waals surface area contributed by atoms with Crippen LogP contribution >= 0.6 is 0 Å². The molecule has 1 saturated carbocycles. The van der Waals surface area contributed by atoms with Gasteiger partial charge in [-0.15, -0.1) is 0 Å². The van der Waals surface area contributed by atoms with Crippen molar-refractivity contribution in [2.75, 3.05) is 33.9 Å². The second kappa shape index (κ2) is 6.77. The average molecular weight is 327 g/mol. The maximum absolute atomic E-state index is 9.31. The largest absolute Gasteiger partial charge is 0.497 e. The first kappa shape index (κ1) is 16.7. The molecule has 0 spiro atoms. The van der Waals surface area contributed by atoms with Gasteiger partial charge < -0.3 is 14.7 Å². The number of rotatable bonds is 4. The van der Waals surface area contributed by atoms with E-state index < -0.39 is 0 Å². The fourth-order valence-corrected chi connectivity index (χ4v) is 3.60. The highest BCUT2D eigenvalue weighted by Crippen LogP contribution is 2.51. The Balaban J connectivity index is 1.80. The SMILES string of the molecule is C=C(C)C(=NC(=NC)N1CC2C(CO)C2C1)c1ccc(OC)cc1. The Hall–Kier alpha value is -2.14. The standard InChI is InChI=1S/C19H25N3O2/c1-12(2)18(13-5-7-14(24-4)8-6-13)21-19(20-3)22-9-15-16(10-22)17(15)11-23/h5-8,15-17,23H,1,9-11H2,2-4H3. The van der Waals surface area contributed by atoms with Crippen molar-refractivity contribution in [2.45, 2.75) is 6.92 Å². The highest BCUT2D eigenvalue weighted by molar-refractivity contribution is 6.16. The van der Waals surface area contributed by atoms with Gasteiger partial charge in [0.2, 0.25) is 5.96 Å². The molecule has 1 aliphatic carbocycles. The van der Waals surface area contributed by atoms with Crippen molar-refractivity contribution in [1.29, 1.82) is 0 Å². The molecule has 1 saturated heterocycles. The van der Waals surface area contributed by atoms with Crippen LogP contribution in [0.3, 0.4) is 0 Å². The number of aliphatic hydroxyl groups excluding tert-OH is 1. The molecular weight excluding hydrogens is 302 g/mol. The molecule has 5 nitrogen and oxygen atoms in total. The van der Waals surface area contributed by atoms with Gasteiger partial charge in [0, 0.05) is 32.3 Å². The zero-order chi connectivity index (χ0) is 17.3. The normalized spacial score (nSPS) is 26.3. The van der Waals surface area contributed by atoms with Crippen LogP contribution in [0.2, 0.25) is 0 Å². The molecule has 0 bridgehead atoms. The second-order valence-electron chi connectivity index (χ2n) is 6.57. The molecule has 1 N–H and O–H groups in total. The summed E-state index contributed by atoms with van der Waals surface area (Å²) in [6.07, 6.45) is 0. The van der Waals surface area contributed by atoms with Crippen molar-refractivity contribution in [1.82, 2.24) is 4.90 Å². The molecule has 0 amide bonds. The average Bonchev–Trinajstić information content (AvgIpc) is 3.07.